The van der Waals surface area contributed by atoms with E-state index in [1.807, 2.05) is 0 Å². The van der Waals surface area contributed by atoms with Gasteiger partial charge < -0.3 is 0 Å². The van der Waals surface area contributed by atoms with Gasteiger partial charge in [-0.1, -0.05) is 143 Å². The zero-order valence-electron chi connectivity index (χ0n) is 26.5. The Hall–Kier alpha value is -2.27. The predicted octanol–water partition coefficient (Wildman–Crippen LogP) is 9.76. The van der Waals surface area contributed by atoms with Crippen LogP contribution in [0.15, 0.2) is 81.0 Å². The molecule has 0 bridgehead atoms. The second kappa shape index (κ2) is 8.62. The van der Waals surface area contributed by atoms with Gasteiger partial charge in [-0.15, -0.1) is 11.1 Å². The average molecular weight is 537 g/mol. The Labute approximate surface area is 235 Å². The lowest BCUT2D eigenvalue weighted by molar-refractivity contribution is 0.242. The minimum Gasteiger partial charge on any atom is -0.127 e. The van der Waals surface area contributed by atoms with E-state index in [0.29, 0.717) is 0 Å². The summed E-state index contributed by atoms with van der Waals surface area (Å²) in [4.78, 5) is 0. The Balaban J connectivity index is 2.26. The summed E-state index contributed by atoms with van der Waals surface area (Å²) in [5, 5.41) is 0. The fourth-order valence-corrected chi connectivity index (χ4v) is 6.88. The standard InChI is InChI=1S/C36H48Si2/c1-33(2,3)27-21-25-15-16-26-22-28(34(4,5)6)24-32-30(18-20-38(12,13)14)29(17-19-37(9,10)11)31(23-27)35(25,7)36(26,32)8/h15-16,21-24H,1-14H3/t35-,36-/m0/s1. The van der Waals surface area contributed by atoms with Gasteiger partial charge in [-0.05, 0) is 44.3 Å². The van der Waals surface area contributed by atoms with Gasteiger partial charge in [-0.3, -0.25) is 0 Å². The van der Waals surface area contributed by atoms with Crippen molar-refractivity contribution in [3.05, 3.63) is 81.0 Å². The molecular weight excluding hydrogens is 489 g/mol. The molecule has 0 radical (unpaired) electrons. The first-order valence-electron chi connectivity index (χ1n) is 14.2. The van der Waals surface area contributed by atoms with E-state index < -0.39 is 16.1 Å². The SMILES string of the molecule is CC(C)(C)C1=CC2=C(C#C[Si](C)(C)C)C(C#C[Si](C)(C)C)=C3C=C(C(C)(C)C)C=C4C=CC(=C1)[C@]2(C)[C@@]43C. The average Bonchev–Trinajstić information content (AvgIpc) is 2.72. The summed E-state index contributed by atoms with van der Waals surface area (Å²) in [6, 6.07) is 0. The minimum atomic E-state index is -1.62. The van der Waals surface area contributed by atoms with Crippen molar-refractivity contribution in [1.29, 1.82) is 0 Å². The van der Waals surface area contributed by atoms with E-state index in [0.717, 1.165) is 0 Å². The van der Waals surface area contributed by atoms with Crippen LogP contribution in [0.5, 0.6) is 0 Å². The van der Waals surface area contributed by atoms with Gasteiger partial charge in [0.05, 0.1) is 0 Å². The molecule has 4 aliphatic carbocycles. The highest BCUT2D eigenvalue weighted by Crippen LogP contribution is 2.68. The minimum absolute atomic E-state index is 0.0452. The lowest BCUT2D eigenvalue weighted by Gasteiger charge is -2.58. The second-order valence-corrected chi connectivity index (χ2v) is 25.6. The number of hydrogen-bond donors (Lipinski definition) is 0. The maximum Gasteiger partial charge on any atom is 0.129 e. The molecule has 4 rings (SSSR count). The summed E-state index contributed by atoms with van der Waals surface area (Å²) in [6.45, 7) is 32.9. The van der Waals surface area contributed by atoms with Crippen LogP contribution in [-0.2, 0) is 0 Å². The Kier molecular flexibility index (Phi) is 6.51. The molecule has 0 N–H and O–H groups in total. The maximum atomic E-state index is 3.81. The fraction of sp³-hybridized carbons (Fsp3) is 0.500. The number of hydrogen-bond acceptors (Lipinski definition) is 0. The molecule has 2 atom stereocenters. The number of allylic oxidation sites excluding steroid dienone is 14. The lowest BCUT2D eigenvalue weighted by atomic mass is 9.44. The summed E-state index contributed by atoms with van der Waals surface area (Å²) in [7, 11) is -3.24. The molecule has 0 nitrogen and oxygen atoms in total. The zero-order chi connectivity index (χ0) is 28.7. The molecule has 4 aliphatic rings. The Morgan fingerprint density at radius 1 is 0.553 bits per heavy atom. The molecule has 0 aromatic heterocycles. The molecule has 0 heterocycles. The predicted molar refractivity (Wildman–Crippen MR) is 173 cm³/mol. The molecule has 0 amide bonds. The van der Waals surface area contributed by atoms with Crippen molar-refractivity contribution in [2.45, 2.75) is 94.7 Å². The first kappa shape index (κ1) is 28.7. The van der Waals surface area contributed by atoms with Gasteiger partial charge in [0.15, 0.2) is 0 Å². The zero-order valence-corrected chi connectivity index (χ0v) is 28.5. The monoisotopic (exact) mass is 536 g/mol. The van der Waals surface area contributed by atoms with E-state index in [9.17, 15) is 0 Å². The molecule has 2 heteroatoms. The fourth-order valence-electron chi connectivity index (χ4n) is 5.88. The molecule has 200 valence electrons. The van der Waals surface area contributed by atoms with Gasteiger partial charge in [0.1, 0.15) is 16.1 Å². The van der Waals surface area contributed by atoms with Crippen molar-refractivity contribution in [1.82, 2.24) is 0 Å². The van der Waals surface area contributed by atoms with E-state index in [4.69, 9.17) is 0 Å². The van der Waals surface area contributed by atoms with Crippen LogP contribution < -0.4 is 0 Å². The molecule has 0 fully saturated rings. The van der Waals surface area contributed by atoms with Gasteiger partial charge in [0.25, 0.3) is 0 Å². The largest absolute Gasteiger partial charge is 0.129 e. The van der Waals surface area contributed by atoms with Crippen LogP contribution in [-0.4, -0.2) is 16.1 Å². The van der Waals surface area contributed by atoms with E-state index in [2.05, 4.69) is 154 Å². The Bertz CT molecular complexity index is 1330. The molecule has 0 aromatic rings. The summed E-state index contributed by atoms with van der Waals surface area (Å²) in [5.74, 6) is 7.62. The van der Waals surface area contributed by atoms with Gasteiger partial charge in [-0.25, -0.2) is 0 Å². The van der Waals surface area contributed by atoms with E-state index in [-0.39, 0.29) is 21.7 Å². The highest BCUT2D eigenvalue weighted by Gasteiger charge is 2.59. The Morgan fingerprint density at radius 3 is 1.13 bits per heavy atom. The van der Waals surface area contributed by atoms with E-state index in [1.165, 1.54) is 44.6 Å². The van der Waals surface area contributed by atoms with Gasteiger partial charge in [-0.2, -0.15) is 0 Å². The second-order valence-electron chi connectivity index (χ2n) is 16.1. The van der Waals surface area contributed by atoms with Crippen molar-refractivity contribution >= 4 is 16.1 Å². The van der Waals surface area contributed by atoms with Gasteiger partial charge >= 0.3 is 0 Å². The van der Waals surface area contributed by atoms with Crippen LogP contribution in [0.4, 0.5) is 0 Å². The lowest BCUT2D eigenvalue weighted by Crippen LogP contribution is -2.49. The van der Waals surface area contributed by atoms with Gasteiger partial charge in [0.2, 0.25) is 0 Å². The molecule has 0 aliphatic heterocycles. The third-order valence-corrected chi connectivity index (χ3v) is 10.3. The molecule has 0 unspecified atom stereocenters. The maximum absolute atomic E-state index is 3.81. The van der Waals surface area contributed by atoms with Crippen LogP contribution in [0.25, 0.3) is 0 Å². The quantitative estimate of drug-likeness (QED) is 0.213. The Morgan fingerprint density at radius 2 is 0.868 bits per heavy atom. The molecule has 38 heavy (non-hydrogen) atoms. The third kappa shape index (κ3) is 4.70. The van der Waals surface area contributed by atoms with Crippen LogP contribution in [0.2, 0.25) is 39.3 Å². The van der Waals surface area contributed by atoms with Crippen molar-refractivity contribution in [2.75, 3.05) is 0 Å². The number of rotatable bonds is 0. The summed E-state index contributed by atoms with van der Waals surface area (Å²) in [6.07, 6.45) is 14.7. The van der Waals surface area contributed by atoms with Crippen LogP contribution in [0.3, 0.4) is 0 Å². The van der Waals surface area contributed by atoms with Gasteiger partial charge in [0, 0.05) is 22.0 Å². The summed E-state index contributed by atoms with van der Waals surface area (Å²) >= 11 is 0. The summed E-state index contributed by atoms with van der Waals surface area (Å²) < 4.78 is 0. The van der Waals surface area contributed by atoms with E-state index in [1.54, 1.807) is 0 Å². The van der Waals surface area contributed by atoms with Crippen LogP contribution in [0.1, 0.15) is 55.4 Å². The molecule has 0 aromatic carbocycles. The topological polar surface area (TPSA) is 0 Å². The highest BCUT2D eigenvalue weighted by atomic mass is 28.3. The molecular formula is C36H48Si2. The highest BCUT2D eigenvalue weighted by molar-refractivity contribution is 6.84. The summed E-state index contributed by atoms with van der Waals surface area (Å²) in [5.41, 5.74) is 17.8. The normalized spacial score (nSPS) is 26.8. The van der Waals surface area contributed by atoms with Crippen molar-refractivity contribution in [3.8, 4) is 22.9 Å². The first-order valence-corrected chi connectivity index (χ1v) is 21.2. The van der Waals surface area contributed by atoms with Crippen LogP contribution in [0, 0.1) is 44.6 Å². The van der Waals surface area contributed by atoms with Crippen molar-refractivity contribution in [3.63, 3.8) is 0 Å². The first-order chi connectivity index (χ1) is 17.1. The van der Waals surface area contributed by atoms with Crippen molar-refractivity contribution < 1.29 is 0 Å². The molecule has 0 saturated heterocycles. The molecule has 0 saturated carbocycles. The third-order valence-electron chi connectivity index (χ3n) is 8.54. The smallest absolute Gasteiger partial charge is 0.127 e. The van der Waals surface area contributed by atoms with Crippen molar-refractivity contribution in [2.24, 2.45) is 21.7 Å². The van der Waals surface area contributed by atoms with Crippen LogP contribution >= 0.6 is 0 Å². The molecule has 0 spiro atoms. The van der Waals surface area contributed by atoms with E-state index >= 15 is 0 Å².